The van der Waals surface area contributed by atoms with Gasteiger partial charge in [-0.15, -0.1) is 0 Å². The van der Waals surface area contributed by atoms with Gasteiger partial charge in [-0.3, -0.25) is 4.90 Å². The molecule has 9 heteroatoms. The molecule has 1 aromatic rings. The molecule has 8 nitrogen and oxygen atoms in total. The topological polar surface area (TPSA) is 94.2 Å². The average molecular weight is 413 g/mol. The molecule has 0 saturated carbocycles. The minimum atomic E-state index is -3.63. The fraction of sp³-hybridized carbons (Fsp3) is 0.632. The molecule has 1 aromatic carbocycles. The maximum atomic E-state index is 12.4. The number of sulfonamides is 1. The van der Waals surface area contributed by atoms with Gasteiger partial charge in [0, 0.05) is 32.8 Å². The second-order valence-electron chi connectivity index (χ2n) is 7.14. The van der Waals surface area contributed by atoms with Crippen LogP contribution in [0.1, 0.15) is 30.1 Å². The number of hydrogen-bond acceptors (Lipinski definition) is 7. The van der Waals surface area contributed by atoms with Crippen molar-refractivity contribution in [1.82, 2.24) is 9.62 Å². The smallest absolute Gasteiger partial charge is 0.338 e. The number of carbonyl (C=O) groups excluding carboxylic acids is 1. The van der Waals surface area contributed by atoms with Crippen LogP contribution < -0.4 is 4.72 Å². The predicted molar refractivity (Wildman–Crippen MR) is 103 cm³/mol. The van der Waals surface area contributed by atoms with Crippen molar-refractivity contribution in [1.29, 1.82) is 0 Å². The maximum absolute atomic E-state index is 12.4. The zero-order valence-corrected chi connectivity index (χ0v) is 16.9. The largest absolute Gasteiger partial charge is 0.458 e. The summed E-state index contributed by atoms with van der Waals surface area (Å²) in [5.74, 6) is -0.461. The van der Waals surface area contributed by atoms with Gasteiger partial charge in [-0.1, -0.05) is 0 Å². The van der Waals surface area contributed by atoms with Crippen LogP contribution in [0, 0.1) is 0 Å². The Morgan fingerprint density at radius 1 is 1.25 bits per heavy atom. The molecule has 1 N–H and O–H groups in total. The summed E-state index contributed by atoms with van der Waals surface area (Å²) in [5.41, 5.74) is 0.326. The molecule has 156 valence electrons. The van der Waals surface area contributed by atoms with Crippen molar-refractivity contribution in [3.63, 3.8) is 0 Å². The highest BCUT2D eigenvalue weighted by Gasteiger charge is 2.21. The molecule has 2 unspecified atom stereocenters. The van der Waals surface area contributed by atoms with Crippen LogP contribution in [0.15, 0.2) is 29.2 Å². The number of hydrogen-bond donors (Lipinski definition) is 1. The fourth-order valence-electron chi connectivity index (χ4n) is 3.30. The first-order valence-corrected chi connectivity index (χ1v) is 11.1. The normalized spacial score (nSPS) is 22.1. The zero-order chi connectivity index (χ0) is 20.0. The number of rotatable bonds is 8. The van der Waals surface area contributed by atoms with E-state index in [9.17, 15) is 13.2 Å². The zero-order valence-electron chi connectivity index (χ0n) is 16.1. The Balaban J connectivity index is 1.51. The Bertz CT molecular complexity index is 740. The minimum absolute atomic E-state index is 0.0722. The Morgan fingerprint density at radius 2 is 1.96 bits per heavy atom. The van der Waals surface area contributed by atoms with Crippen molar-refractivity contribution >= 4 is 16.0 Å². The van der Waals surface area contributed by atoms with Crippen LogP contribution in [0.2, 0.25) is 0 Å². The first kappa shape index (κ1) is 21.2. The molecular weight excluding hydrogens is 384 g/mol. The van der Waals surface area contributed by atoms with Crippen molar-refractivity contribution in [2.24, 2.45) is 0 Å². The van der Waals surface area contributed by atoms with Gasteiger partial charge in [0.15, 0.2) is 0 Å². The summed E-state index contributed by atoms with van der Waals surface area (Å²) in [6, 6.07) is 5.79. The fourth-order valence-corrected chi connectivity index (χ4v) is 4.36. The lowest BCUT2D eigenvalue weighted by atomic mass is 10.2. The summed E-state index contributed by atoms with van der Waals surface area (Å²) in [6.45, 7) is 6.46. The summed E-state index contributed by atoms with van der Waals surface area (Å²) in [4.78, 5) is 14.6. The third-order valence-corrected chi connectivity index (χ3v) is 6.29. The highest BCUT2D eigenvalue weighted by molar-refractivity contribution is 7.89. The van der Waals surface area contributed by atoms with E-state index in [4.69, 9.17) is 14.2 Å². The molecule has 2 aliphatic heterocycles. The summed E-state index contributed by atoms with van der Waals surface area (Å²) < 4.78 is 43.5. The van der Waals surface area contributed by atoms with Crippen LogP contribution in [0.4, 0.5) is 0 Å². The summed E-state index contributed by atoms with van der Waals surface area (Å²) in [5, 5.41) is 0. The lowest BCUT2D eigenvalue weighted by Crippen LogP contribution is -2.41. The Kier molecular flexibility index (Phi) is 7.42. The Hall–Kier alpha value is -1.52. The number of nitrogens with zero attached hydrogens (tertiary/aromatic N) is 1. The van der Waals surface area contributed by atoms with E-state index in [0.29, 0.717) is 31.9 Å². The second kappa shape index (κ2) is 9.80. The Morgan fingerprint density at radius 3 is 2.61 bits per heavy atom. The van der Waals surface area contributed by atoms with Gasteiger partial charge < -0.3 is 14.2 Å². The highest BCUT2D eigenvalue weighted by atomic mass is 32.2. The van der Waals surface area contributed by atoms with E-state index >= 15 is 0 Å². The van der Waals surface area contributed by atoms with E-state index in [1.807, 2.05) is 6.92 Å². The standard InChI is InChI=1S/C19H28N2O6S/c1-15(14-21-8-11-25-12-9-21)27-19(22)16-4-6-18(7-5-16)28(23,24)20-13-17-3-2-10-26-17/h4-7,15,17,20H,2-3,8-14H2,1H3. The van der Waals surface area contributed by atoms with Gasteiger partial charge in [-0.2, -0.15) is 0 Å². The van der Waals surface area contributed by atoms with E-state index in [1.54, 1.807) is 0 Å². The van der Waals surface area contributed by atoms with Gasteiger partial charge in [0.05, 0.1) is 29.8 Å². The SMILES string of the molecule is CC(CN1CCOCC1)OC(=O)c1ccc(S(=O)(=O)NCC2CCCO2)cc1. The van der Waals surface area contributed by atoms with E-state index in [1.165, 1.54) is 24.3 Å². The van der Waals surface area contributed by atoms with Crippen LogP contribution in [0.25, 0.3) is 0 Å². The van der Waals surface area contributed by atoms with Gasteiger partial charge in [0.25, 0.3) is 0 Å². The van der Waals surface area contributed by atoms with Crippen LogP contribution in [-0.2, 0) is 24.2 Å². The molecule has 0 bridgehead atoms. The van der Waals surface area contributed by atoms with Crippen molar-refractivity contribution < 1.29 is 27.4 Å². The second-order valence-corrected chi connectivity index (χ2v) is 8.91. The highest BCUT2D eigenvalue weighted by Crippen LogP contribution is 2.15. The van der Waals surface area contributed by atoms with Gasteiger partial charge >= 0.3 is 5.97 Å². The molecule has 2 aliphatic rings. The van der Waals surface area contributed by atoms with E-state index in [-0.39, 0.29) is 23.6 Å². The molecule has 0 aliphatic carbocycles. The molecule has 2 atom stereocenters. The summed E-state index contributed by atoms with van der Waals surface area (Å²) in [7, 11) is -3.63. The monoisotopic (exact) mass is 412 g/mol. The molecule has 0 spiro atoms. The molecule has 0 amide bonds. The van der Waals surface area contributed by atoms with Crippen molar-refractivity contribution in [2.45, 2.75) is 36.9 Å². The molecule has 3 rings (SSSR count). The number of nitrogens with one attached hydrogen (secondary N) is 1. The van der Waals surface area contributed by atoms with E-state index in [2.05, 4.69) is 9.62 Å². The number of ether oxygens (including phenoxy) is 3. The molecular formula is C19H28N2O6S. The quantitative estimate of drug-likeness (QED) is 0.637. The van der Waals surface area contributed by atoms with Gasteiger partial charge in [-0.05, 0) is 44.0 Å². The first-order chi connectivity index (χ1) is 13.4. The van der Waals surface area contributed by atoms with Crippen LogP contribution in [0.5, 0.6) is 0 Å². The summed E-state index contributed by atoms with van der Waals surface area (Å²) in [6.07, 6.45) is 1.47. The Labute approximate surface area is 166 Å². The van der Waals surface area contributed by atoms with Crippen LogP contribution >= 0.6 is 0 Å². The lowest BCUT2D eigenvalue weighted by molar-refractivity contribution is 0.000439. The van der Waals surface area contributed by atoms with Crippen molar-refractivity contribution in [3.05, 3.63) is 29.8 Å². The number of morpholine rings is 1. The first-order valence-electron chi connectivity index (χ1n) is 9.66. The third-order valence-electron chi connectivity index (χ3n) is 4.85. The maximum Gasteiger partial charge on any atom is 0.338 e. The van der Waals surface area contributed by atoms with E-state index < -0.39 is 16.0 Å². The van der Waals surface area contributed by atoms with Crippen LogP contribution in [-0.4, -0.2) is 77.5 Å². The number of esters is 1. The molecule has 0 aromatic heterocycles. The van der Waals surface area contributed by atoms with Crippen molar-refractivity contribution in [3.8, 4) is 0 Å². The predicted octanol–water partition coefficient (Wildman–Crippen LogP) is 1.02. The minimum Gasteiger partial charge on any atom is -0.458 e. The van der Waals surface area contributed by atoms with Crippen molar-refractivity contribution in [2.75, 3.05) is 46.0 Å². The van der Waals surface area contributed by atoms with Gasteiger partial charge in [0.2, 0.25) is 10.0 Å². The van der Waals surface area contributed by atoms with Gasteiger partial charge in [0.1, 0.15) is 6.10 Å². The molecule has 2 heterocycles. The van der Waals surface area contributed by atoms with E-state index in [0.717, 1.165) is 25.9 Å². The number of benzene rings is 1. The average Bonchev–Trinajstić information content (AvgIpc) is 3.21. The molecule has 0 radical (unpaired) electrons. The van der Waals surface area contributed by atoms with Crippen LogP contribution in [0.3, 0.4) is 0 Å². The third kappa shape index (κ3) is 5.99. The summed E-state index contributed by atoms with van der Waals surface area (Å²) >= 11 is 0. The molecule has 2 saturated heterocycles. The molecule has 2 fully saturated rings. The molecule has 28 heavy (non-hydrogen) atoms. The lowest BCUT2D eigenvalue weighted by Gasteiger charge is -2.28. The van der Waals surface area contributed by atoms with Gasteiger partial charge in [-0.25, -0.2) is 17.9 Å². The number of carbonyl (C=O) groups is 1.